The lowest BCUT2D eigenvalue weighted by molar-refractivity contribution is -0.120. The summed E-state index contributed by atoms with van der Waals surface area (Å²) < 4.78 is 27.9. The van der Waals surface area contributed by atoms with E-state index in [9.17, 15) is 13.2 Å². The van der Waals surface area contributed by atoms with Crippen molar-refractivity contribution in [3.8, 4) is 5.75 Å². The number of likely N-dealkylation sites (N-methyl/N-ethyl adjacent to an activating group) is 1. The van der Waals surface area contributed by atoms with Crippen molar-refractivity contribution >= 4 is 33.2 Å². The first-order chi connectivity index (χ1) is 12.6. The number of primary sulfonamides is 1. The van der Waals surface area contributed by atoms with Crippen LogP contribution in [-0.2, 0) is 21.4 Å². The third-order valence-electron chi connectivity index (χ3n) is 4.15. The van der Waals surface area contributed by atoms with Crippen molar-refractivity contribution in [2.45, 2.75) is 24.4 Å². The van der Waals surface area contributed by atoms with E-state index < -0.39 is 16.1 Å². The predicted molar refractivity (Wildman–Crippen MR) is 105 cm³/mol. The van der Waals surface area contributed by atoms with Gasteiger partial charge in [-0.05, 0) is 56.4 Å². The Morgan fingerprint density at radius 3 is 2.44 bits per heavy atom. The third kappa shape index (κ3) is 5.67. The van der Waals surface area contributed by atoms with Gasteiger partial charge in [0.1, 0.15) is 5.75 Å². The van der Waals surface area contributed by atoms with Gasteiger partial charge in [0.15, 0.2) is 0 Å². The van der Waals surface area contributed by atoms with Crippen LogP contribution < -0.4 is 15.2 Å². The molecule has 2 aromatic carbocycles. The first-order valence-electron chi connectivity index (χ1n) is 8.08. The highest BCUT2D eigenvalue weighted by molar-refractivity contribution is 7.89. The van der Waals surface area contributed by atoms with Crippen LogP contribution in [0, 0.1) is 0 Å². The second kappa shape index (κ2) is 8.71. The van der Waals surface area contributed by atoms with E-state index in [0.717, 1.165) is 5.56 Å². The Bertz CT molecular complexity index is 917. The van der Waals surface area contributed by atoms with Gasteiger partial charge in [0.25, 0.3) is 0 Å². The van der Waals surface area contributed by atoms with Gasteiger partial charge in [0.2, 0.25) is 15.9 Å². The SMILES string of the molecule is COc1ccc(Cl)cc1CN(C)[C@H](C)C(=O)Nc1ccc(S(N)(=O)=O)cc1. The van der Waals surface area contributed by atoms with Gasteiger partial charge in [0.05, 0.1) is 18.0 Å². The van der Waals surface area contributed by atoms with Gasteiger partial charge in [-0.2, -0.15) is 0 Å². The van der Waals surface area contributed by atoms with Crippen LogP contribution in [0.15, 0.2) is 47.4 Å². The Morgan fingerprint density at radius 2 is 1.89 bits per heavy atom. The third-order valence-corrected chi connectivity index (χ3v) is 5.32. The van der Waals surface area contributed by atoms with Crippen LogP contribution in [0.1, 0.15) is 12.5 Å². The zero-order valence-corrected chi connectivity index (χ0v) is 16.8. The molecule has 0 fully saturated rings. The van der Waals surface area contributed by atoms with Crippen LogP contribution in [0.2, 0.25) is 5.02 Å². The fourth-order valence-corrected chi connectivity index (χ4v) is 3.16. The summed E-state index contributed by atoms with van der Waals surface area (Å²) in [5.41, 5.74) is 1.35. The molecule has 0 bridgehead atoms. The summed E-state index contributed by atoms with van der Waals surface area (Å²) in [7, 11) is -0.375. The lowest BCUT2D eigenvalue weighted by atomic mass is 10.1. The number of amides is 1. The molecule has 0 aliphatic rings. The van der Waals surface area contributed by atoms with E-state index in [1.54, 1.807) is 32.2 Å². The van der Waals surface area contributed by atoms with Crippen LogP contribution in [0.4, 0.5) is 5.69 Å². The Balaban J connectivity index is 2.05. The van der Waals surface area contributed by atoms with Gasteiger partial charge in [-0.1, -0.05) is 11.6 Å². The molecule has 0 saturated heterocycles. The molecular weight excluding hydrogens is 390 g/mol. The van der Waals surface area contributed by atoms with Crippen LogP contribution in [0.5, 0.6) is 5.75 Å². The summed E-state index contributed by atoms with van der Waals surface area (Å²) >= 11 is 6.05. The molecular formula is C18H22ClN3O4S. The van der Waals surface area contributed by atoms with Crippen LogP contribution in [0.25, 0.3) is 0 Å². The molecule has 146 valence electrons. The molecule has 0 aliphatic carbocycles. The normalized spacial score (nSPS) is 12.7. The fraction of sp³-hybridized carbons (Fsp3) is 0.278. The van der Waals surface area contributed by atoms with Gasteiger partial charge in [-0.15, -0.1) is 0 Å². The predicted octanol–water partition coefficient (Wildman–Crippen LogP) is 2.46. The molecule has 0 aromatic heterocycles. The van der Waals surface area contributed by atoms with E-state index in [1.807, 2.05) is 11.9 Å². The number of carbonyl (C=O) groups is 1. The van der Waals surface area contributed by atoms with Crippen molar-refractivity contribution in [1.29, 1.82) is 0 Å². The van der Waals surface area contributed by atoms with E-state index >= 15 is 0 Å². The second-order valence-electron chi connectivity index (χ2n) is 6.11. The molecule has 0 aliphatic heterocycles. The molecule has 9 heteroatoms. The monoisotopic (exact) mass is 411 g/mol. The second-order valence-corrected chi connectivity index (χ2v) is 8.10. The van der Waals surface area contributed by atoms with Crippen LogP contribution >= 0.6 is 11.6 Å². The average Bonchev–Trinajstić information content (AvgIpc) is 2.61. The van der Waals surface area contributed by atoms with Crippen molar-refractivity contribution in [3.63, 3.8) is 0 Å². The summed E-state index contributed by atoms with van der Waals surface area (Å²) in [6, 6.07) is 10.5. The number of carbonyl (C=O) groups excluding carboxylic acids is 1. The minimum Gasteiger partial charge on any atom is -0.496 e. The molecule has 2 rings (SSSR count). The summed E-state index contributed by atoms with van der Waals surface area (Å²) in [5.74, 6) is 0.458. The minimum atomic E-state index is -3.77. The molecule has 0 saturated carbocycles. The van der Waals surface area contributed by atoms with Crippen molar-refractivity contribution in [2.24, 2.45) is 5.14 Å². The number of rotatable bonds is 7. The van der Waals surface area contributed by atoms with E-state index in [1.165, 1.54) is 24.3 Å². The smallest absolute Gasteiger partial charge is 0.241 e. The number of halogens is 1. The number of methoxy groups -OCH3 is 1. The molecule has 0 heterocycles. The largest absolute Gasteiger partial charge is 0.496 e. The van der Waals surface area contributed by atoms with Crippen LogP contribution in [-0.4, -0.2) is 39.4 Å². The molecule has 7 nitrogen and oxygen atoms in total. The lowest BCUT2D eigenvalue weighted by Gasteiger charge is -2.24. The summed E-state index contributed by atoms with van der Waals surface area (Å²) in [6.07, 6.45) is 0. The van der Waals surface area contributed by atoms with Gasteiger partial charge < -0.3 is 10.1 Å². The molecule has 0 radical (unpaired) electrons. The highest BCUT2D eigenvalue weighted by Gasteiger charge is 2.20. The van der Waals surface area contributed by atoms with Crippen LogP contribution in [0.3, 0.4) is 0 Å². The Kier molecular flexibility index (Phi) is 6.83. The number of hydrogen-bond donors (Lipinski definition) is 2. The zero-order valence-electron chi connectivity index (χ0n) is 15.3. The Labute approximate surface area is 164 Å². The summed E-state index contributed by atoms with van der Waals surface area (Å²) in [6.45, 7) is 2.23. The molecule has 27 heavy (non-hydrogen) atoms. The molecule has 0 spiro atoms. The quantitative estimate of drug-likeness (QED) is 0.728. The Hall–Kier alpha value is -2.13. The maximum absolute atomic E-state index is 12.5. The number of nitrogens with one attached hydrogen (secondary N) is 1. The maximum atomic E-state index is 12.5. The van der Waals surface area contributed by atoms with Crippen molar-refractivity contribution in [3.05, 3.63) is 53.1 Å². The number of sulfonamides is 1. The molecule has 3 N–H and O–H groups in total. The maximum Gasteiger partial charge on any atom is 0.241 e. The Morgan fingerprint density at radius 1 is 1.26 bits per heavy atom. The zero-order chi connectivity index (χ0) is 20.2. The molecule has 1 atom stereocenters. The van der Waals surface area contributed by atoms with E-state index in [0.29, 0.717) is 23.0 Å². The standard InChI is InChI=1S/C18H22ClN3O4S/c1-12(22(2)11-13-10-14(19)4-9-17(13)26-3)18(23)21-15-5-7-16(8-6-15)27(20,24)25/h4-10,12H,11H2,1-3H3,(H,21,23)(H2,20,24,25)/t12-/m1/s1. The van der Waals surface area contributed by atoms with Crippen molar-refractivity contribution in [1.82, 2.24) is 4.90 Å². The topological polar surface area (TPSA) is 102 Å². The van der Waals surface area contributed by atoms with Gasteiger partial charge in [0, 0.05) is 22.8 Å². The average molecular weight is 412 g/mol. The van der Waals surface area contributed by atoms with Gasteiger partial charge in [-0.3, -0.25) is 9.69 Å². The molecule has 0 unspecified atom stereocenters. The first kappa shape index (κ1) is 21.2. The van der Waals surface area contributed by atoms with E-state index in [4.69, 9.17) is 21.5 Å². The minimum absolute atomic E-state index is 0.0151. The fourth-order valence-electron chi connectivity index (χ4n) is 2.45. The van der Waals surface area contributed by atoms with Crippen molar-refractivity contribution in [2.75, 3.05) is 19.5 Å². The highest BCUT2D eigenvalue weighted by Crippen LogP contribution is 2.24. The van der Waals surface area contributed by atoms with Gasteiger partial charge >= 0.3 is 0 Å². The first-order valence-corrected chi connectivity index (χ1v) is 10.0. The lowest BCUT2D eigenvalue weighted by Crippen LogP contribution is -2.39. The van der Waals surface area contributed by atoms with Crippen molar-refractivity contribution < 1.29 is 17.9 Å². The molecule has 2 aromatic rings. The number of benzene rings is 2. The number of nitrogens with two attached hydrogens (primary N) is 1. The number of ether oxygens (including phenoxy) is 1. The van der Waals surface area contributed by atoms with E-state index in [2.05, 4.69) is 5.32 Å². The highest BCUT2D eigenvalue weighted by atomic mass is 35.5. The summed E-state index contributed by atoms with van der Waals surface area (Å²) in [5, 5.41) is 8.40. The number of hydrogen-bond acceptors (Lipinski definition) is 5. The number of nitrogens with zero attached hydrogens (tertiary/aromatic N) is 1. The number of anilines is 1. The van der Waals surface area contributed by atoms with Gasteiger partial charge in [-0.25, -0.2) is 13.6 Å². The summed E-state index contributed by atoms with van der Waals surface area (Å²) in [4.78, 5) is 14.3. The molecule has 1 amide bonds. The van der Waals surface area contributed by atoms with E-state index in [-0.39, 0.29) is 10.8 Å².